The van der Waals surface area contributed by atoms with Crippen LogP contribution in [-0.4, -0.2) is 38.6 Å². The molecular weight excluding hydrogens is 257 g/mol. The Kier molecular flexibility index (Phi) is 5.61. The summed E-state index contributed by atoms with van der Waals surface area (Å²) in [5.74, 6) is 0.138. The molecule has 3 atom stereocenters. The van der Waals surface area contributed by atoms with E-state index in [0.29, 0.717) is 0 Å². The molecule has 19 heavy (non-hydrogen) atoms. The van der Waals surface area contributed by atoms with Gasteiger partial charge in [0.2, 0.25) is 0 Å². The molecule has 0 aromatic carbocycles. The van der Waals surface area contributed by atoms with Crippen molar-refractivity contribution >= 4 is 5.82 Å². The highest BCUT2D eigenvalue weighted by Gasteiger charge is 2.34. The minimum absolute atomic E-state index is 0.138. The van der Waals surface area contributed by atoms with E-state index in [2.05, 4.69) is 11.6 Å². The number of aromatic nitrogens is 2. The number of anilines is 1. The van der Waals surface area contributed by atoms with E-state index in [4.69, 9.17) is 15.6 Å². The van der Waals surface area contributed by atoms with Crippen molar-refractivity contribution in [3.05, 3.63) is 35.7 Å². The van der Waals surface area contributed by atoms with Gasteiger partial charge < -0.3 is 20.7 Å². The zero-order valence-corrected chi connectivity index (χ0v) is 10.1. The summed E-state index contributed by atoms with van der Waals surface area (Å²) in [4.78, 5) is 15.0. The molecule has 1 aromatic rings. The molecule has 1 saturated heterocycles. The van der Waals surface area contributed by atoms with Crippen LogP contribution < -0.4 is 11.4 Å². The van der Waals surface area contributed by atoms with Crippen LogP contribution in [0.4, 0.5) is 10.2 Å². The van der Waals surface area contributed by atoms with Crippen molar-refractivity contribution in [2.24, 2.45) is 0 Å². The van der Waals surface area contributed by atoms with Crippen LogP contribution in [0.1, 0.15) is 12.6 Å². The van der Waals surface area contributed by atoms with Gasteiger partial charge in [-0.2, -0.15) is 4.98 Å². The molecule has 0 saturated carbocycles. The summed E-state index contributed by atoms with van der Waals surface area (Å²) in [5.41, 5.74) is 4.82. The Hall–Kier alpha value is -1.77. The number of nitrogen functional groups attached to an aromatic ring is 1. The largest absolute Gasteiger partial charge is 0.394 e. The van der Waals surface area contributed by atoms with Crippen LogP contribution in [-0.2, 0) is 4.74 Å². The van der Waals surface area contributed by atoms with Gasteiger partial charge in [-0.15, -0.1) is 0 Å². The van der Waals surface area contributed by atoms with Crippen molar-refractivity contribution < 1.29 is 19.3 Å². The predicted molar refractivity (Wildman–Crippen MR) is 65.8 cm³/mol. The van der Waals surface area contributed by atoms with E-state index in [1.54, 1.807) is 0 Å². The van der Waals surface area contributed by atoms with Crippen LogP contribution in [0, 0.1) is 0 Å². The molecule has 4 N–H and O–H groups in total. The summed E-state index contributed by atoms with van der Waals surface area (Å²) in [6, 6.07) is 1.48. The third-order valence-electron chi connectivity index (χ3n) is 2.55. The molecular formula is C11H16FN3O4. The molecule has 1 aliphatic rings. The van der Waals surface area contributed by atoms with Crippen LogP contribution in [0.15, 0.2) is 30.0 Å². The number of hydrogen-bond donors (Lipinski definition) is 3. The number of ether oxygens (including phenoxy) is 1. The first kappa shape index (κ1) is 15.3. The number of rotatable bonds is 2. The van der Waals surface area contributed by atoms with E-state index in [0.717, 1.165) is 0 Å². The Labute approximate surface area is 108 Å². The Morgan fingerprint density at radius 2 is 2.37 bits per heavy atom. The summed E-state index contributed by atoms with van der Waals surface area (Å²) in [7, 11) is 0. The Morgan fingerprint density at radius 3 is 2.84 bits per heavy atom. The average molecular weight is 273 g/mol. The molecule has 0 amide bonds. The van der Waals surface area contributed by atoms with Gasteiger partial charge in [-0.1, -0.05) is 6.58 Å². The number of aliphatic hydroxyl groups is 2. The summed E-state index contributed by atoms with van der Waals surface area (Å²) in [6.07, 6.45) is -0.0832. The molecule has 2 rings (SSSR count). The van der Waals surface area contributed by atoms with Gasteiger partial charge in [0.15, 0.2) is 0 Å². The molecule has 1 fully saturated rings. The van der Waals surface area contributed by atoms with Crippen molar-refractivity contribution in [2.45, 2.75) is 24.9 Å². The first-order valence-corrected chi connectivity index (χ1v) is 5.53. The van der Waals surface area contributed by atoms with Gasteiger partial charge in [-0.25, -0.2) is 9.18 Å². The minimum atomic E-state index is -0.778. The third kappa shape index (κ3) is 3.85. The van der Waals surface area contributed by atoms with Gasteiger partial charge >= 0.3 is 5.69 Å². The second-order valence-corrected chi connectivity index (χ2v) is 3.81. The zero-order valence-electron chi connectivity index (χ0n) is 10.1. The molecule has 1 aromatic heterocycles. The van der Waals surface area contributed by atoms with Gasteiger partial charge in [0.1, 0.15) is 18.1 Å². The molecule has 7 nitrogen and oxygen atoms in total. The van der Waals surface area contributed by atoms with Gasteiger partial charge in [0.05, 0.1) is 19.0 Å². The molecule has 0 aliphatic carbocycles. The summed E-state index contributed by atoms with van der Waals surface area (Å²) in [5, 5.41) is 18.4. The lowest BCUT2D eigenvalue weighted by atomic mass is 10.2. The van der Waals surface area contributed by atoms with E-state index in [1.807, 2.05) is 0 Å². The van der Waals surface area contributed by atoms with Crippen LogP contribution in [0.3, 0.4) is 0 Å². The second-order valence-electron chi connectivity index (χ2n) is 3.81. The van der Waals surface area contributed by atoms with Crippen molar-refractivity contribution in [1.29, 1.82) is 0 Å². The summed E-state index contributed by atoms with van der Waals surface area (Å²) < 4.78 is 16.6. The summed E-state index contributed by atoms with van der Waals surface area (Å²) in [6.45, 7) is 2.41. The Morgan fingerprint density at radius 1 is 1.74 bits per heavy atom. The lowest BCUT2D eigenvalue weighted by molar-refractivity contribution is -0.0458. The van der Waals surface area contributed by atoms with E-state index >= 15 is 0 Å². The van der Waals surface area contributed by atoms with Crippen LogP contribution in [0.2, 0.25) is 0 Å². The molecule has 106 valence electrons. The molecule has 2 heterocycles. The maximum Gasteiger partial charge on any atom is 0.351 e. The van der Waals surface area contributed by atoms with E-state index < -0.39 is 24.1 Å². The van der Waals surface area contributed by atoms with Crippen molar-refractivity contribution in [3.8, 4) is 0 Å². The first-order chi connectivity index (χ1) is 9.03. The highest BCUT2D eigenvalue weighted by atomic mass is 19.1. The molecule has 0 unspecified atom stereocenters. The van der Waals surface area contributed by atoms with E-state index in [9.17, 15) is 14.3 Å². The van der Waals surface area contributed by atoms with Gasteiger partial charge in [0.25, 0.3) is 0 Å². The average Bonchev–Trinajstić information content (AvgIpc) is 2.71. The van der Waals surface area contributed by atoms with Crippen LogP contribution in [0.25, 0.3) is 0 Å². The number of nitrogens with zero attached hydrogens (tertiary/aromatic N) is 2. The lowest BCUT2D eigenvalue weighted by Crippen LogP contribution is -2.27. The Balaban J connectivity index is 0.000000550. The van der Waals surface area contributed by atoms with Crippen LogP contribution >= 0.6 is 0 Å². The molecule has 0 radical (unpaired) electrons. The topological polar surface area (TPSA) is 111 Å². The quantitative estimate of drug-likeness (QED) is 0.674. The smallest absolute Gasteiger partial charge is 0.351 e. The van der Waals surface area contributed by atoms with Crippen molar-refractivity contribution in [3.63, 3.8) is 0 Å². The number of halogens is 1. The first-order valence-electron chi connectivity index (χ1n) is 5.53. The second kappa shape index (κ2) is 6.98. The predicted octanol–water partition coefficient (Wildman–Crippen LogP) is -0.434. The maximum absolute atomic E-state index is 11.5. The van der Waals surface area contributed by atoms with E-state index in [1.165, 1.54) is 16.8 Å². The minimum Gasteiger partial charge on any atom is -0.394 e. The highest BCUT2D eigenvalue weighted by Crippen LogP contribution is 2.27. The SMILES string of the molecule is C=CF.Nc1ccn([C@H]2C[C@H](O)[C@@H](CO)O2)c(=O)n1. The molecule has 0 bridgehead atoms. The molecule has 8 heteroatoms. The monoisotopic (exact) mass is 273 g/mol. The number of hydrogen-bond acceptors (Lipinski definition) is 6. The zero-order chi connectivity index (χ0) is 14.4. The van der Waals surface area contributed by atoms with Crippen LogP contribution in [0.5, 0.6) is 0 Å². The van der Waals surface area contributed by atoms with Gasteiger partial charge in [0, 0.05) is 12.6 Å². The number of nitrogens with two attached hydrogens (primary N) is 1. The lowest BCUT2D eigenvalue weighted by Gasteiger charge is -2.13. The fourth-order valence-electron chi connectivity index (χ4n) is 1.70. The summed E-state index contributed by atoms with van der Waals surface area (Å²) >= 11 is 0. The normalized spacial score (nSPS) is 25.5. The third-order valence-corrected chi connectivity index (χ3v) is 2.55. The Bertz CT molecular complexity index is 479. The number of aliphatic hydroxyl groups excluding tert-OH is 2. The van der Waals surface area contributed by atoms with Gasteiger partial charge in [-0.3, -0.25) is 4.57 Å². The molecule has 1 aliphatic heterocycles. The fraction of sp³-hybridized carbons (Fsp3) is 0.455. The standard InChI is InChI=1S/C9H13N3O4.C2H3F/c10-7-1-2-12(9(15)11-7)8-3-5(14)6(4-13)16-8;1-2-3/h1-2,5-6,8,13-14H,3-4H2,(H2,10,11,15);2H,1H2/t5-,6+,8+;/m0./s1. The van der Waals surface area contributed by atoms with Crippen molar-refractivity contribution in [1.82, 2.24) is 9.55 Å². The van der Waals surface area contributed by atoms with Gasteiger partial charge in [-0.05, 0) is 6.07 Å². The van der Waals surface area contributed by atoms with Crippen molar-refractivity contribution in [2.75, 3.05) is 12.3 Å². The molecule has 0 spiro atoms. The maximum atomic E-state index is 11.5. The fourth-order valence-corrected chi connectivity index (χ4v) is 1.70. The highest BCUT2D eigenvalue weighted by molar-refractivity contribution is 5.23. The van der Waals surface area contributed by atoms with E-state index in [-0.39, 0.29) is 25.2 Å².